The average molecular weight is 643 g/mol. The zero-order valence-corrected chi connectivity index (χ0v) is 26.4. The largest absolute Gasteiger partial charge is 0.508 e. The van der Waals surface area contributed by atoms with Crippen molar-refractivity contribution < 1.29 is 32.0 Å². The minimum atomic E-state index is -4.12. The lowest BCUT2D eigenvalue weighted by Gasteiger charge is -2.28. The standard InChI is InChI=1S/C31H35ClN4O7S/c1-4-42-30(38)17-26(25-9-10-27-31(20(25)2)33-34-36(27)14-6-5-13-32)21-7-11-28(41-3)22(15-21)18-35-19-23-16-24(37)8-12-29(23)43-44(35,39)40/h7-12,15-16,26,37H,4-6,13-14,17-19H2,1-3H3. The van der Waals surface area contributed by atoms with E-state index in [1.807, 2.05) is 35.9 Å². The first-order chi connectivity index (χ1) is 21.1. The lowest BCUT2D eigenvalue weighted by atomic mass is 9.84. The second-order valence-corrected chi connectivity index (χ2v) is 12.5. The normalized spacial score (nSPS) is 15.0. The number of fused-ring (bicyclic) bond motifs is 2. The Morgan fingerprint density at radius 3 is 2.73 bits per heavy atom. The molecule has 1 N–H and O–H groups in total. The molecule has 0 saturated carbocycles. The monoisotopic (exact) mass is 642 g/mol. The number of aromatic hydroxyl groups is 1. The number of nitrogens with zero attached hydrogens (tertiary/aromatic N) is 4. The molecule has 1 aliphatic heterocycles. The Balaban J connectivity index is 1.53. The molecule has 1 atom stereocenters. The van der Waals surface area contributed by atoms with Crippen molar-refractivity contribution in [1.29, 1.82) is 0 Å². The van der Waals surface area contributed by atoms with Gasteiger partial charge in [-0.3, -0.25) is 4.79 Å². The zero-order valence-electron chi connectivity index (χ0n) is 24.8. The number of unbranched alkanes of at least 4 members (excludes halogenated alkanes) is 1. The summed E-state index contributed by atoms with van der Waals surface area (Å²) in [5.74, 6) is 0.473. The second kappa shape index (κ2) is 13.4. The quantitative estimate of drug-likeness (QED) is 0.126. The molecule has 1 aliphatic rings. The van der Waals surface area contributed by atoms with Crippen LogP contribution in [-0.2, 0) is 39.5 Å². The van der Waals surface area contributed by atoms with E-state index in [2.05, 4.69) is 10.3 Å². The van der Waals surface area contributed by atoms with Crippen LogP contribution in [0.15, 0.2) is 48.5 Å². The SMILES string of the molecule is CCOC(=O)CC(c1ccc(OC)c(CN2Cc3cc(O)ccc3OS2(=O)=O)c1)c1ccc2c(nnn2CCCCCl)c1C. The molecule has 0 radical (unpaired) electrons. The van der Waals surface area contributed by atoms with Gasteiger partial charge in [0.15, 0.2) is 0 Å². The van der Waals surface area contributed by atoms with Crippen LogP contribution in [0.25, 0.3) is 11.0 Å². The van der Waals surface area contributed by atoms with E-state index >= 15 is 0 Å². The molecule has 1 aromatic heterocycles. The number of esters is 1. The molecule has 0 aliphatic carbocycles. The number of phenols is 1. The third-order valence-corrected chi connectivity index (χ3v) is 9.29. The lowest BCUT2D eigenvalue weighted by molar-refractivity contribution is -0.143. The first-order valence-corrected chi connectivity index (χ1v) is 16.3. The summed E-state index contributed by atoms with van der Waals surface area (Å²) in [6.45, 7) is 4.61. The van der Waals surface area contributed by atoms with Crippen molar-refractivity contribution in [3.05, 3.63) is 76.3 Å². The van der Waals surface area contributed by atoms with Crippen LogP contribution in [0.5, 0.6) is 17.2 Å². The number of benzene rings is 3. The predicted octanol–water partition coefficient (Wildman–Crippen LogP) is 5.20. The van der Waals surface area contributed by atoms with Gasteiger partial charge in [0, 0.05) is 42.6 Å². The summed E-state index contributed by atoms with van der Waals surface area (Å²) in [6, 6.07) is 13.7. The summed E-state index contributed by atoms with van der Waals surface area (Å²) in [5, 5.41) is 18.7. The first-order valence-electron chi connectivity index (χ1n) is 14.4. The number of halogens is 1. The lowest BCUT2D eigenvalue weighted by Crippen LogP contribution is -2.37. The molecule has 0 fully saturated rings. The van der Waals surface area contributed by atoms with Gasteiger partial charge in [-0.05, 0) is 73.7 Å². The van der Waals surface area contributed by atoms with Gasteiger partial charge in [0.2, 0.25) is 0 Å². The van der Waals surface area contributed by atoms with E-state index in [4.69, 9.17) is 25.3 Å². The molecule has 11 nitrogen and oxygen atoms in total. The minimum Gasteiger partial charge on any atom is -0.508 e. The minimum absolute atomic E-state index is 0.00201. The molecule has 4 aromatic rings. The molecule has 0 bridgehead atoms. The maximum Gasteiger partial charge on any atom is 0.385 e. The number of aromatic nitrogens is 3. The van der Waals surface area contributed by atoms with Gasteiger partial charge in [-0.2, -0.15) is 12.7 Å². The molecule has 3 aromatic carbocycles. The molecule has 13 heteroatoms. The zero-order chi connectivity index (χ0) is 31.4. The van der Waals surface area contributed by atoms with Crippen LogP contribution in [0.1, 0.15) is 59.9 Å². The van der Waals surface area contributed by atoms with Gasteiger partial charge < -0.3 is 18.8 Å². The van der Waals surface area contributed by atoms with Gasteiger partial charge in [-0.1, -0.05) is 23.4 Å². The summed E-state index contributed by atoms with van der Waals surface area (Å²) in [4.78, 5) is 12.9. The predicted molar refractivity (Wildman–Crippen MR) is 165 cm³/mol. The topological polar surface area (TPSA) is 133 Å². The molecule has 2 heterocycles. The van der Waals surface area contributed by atoms with Crippen LogP contribution >= 0.6 is 11.6 Å². The number of aryl methyl sites for hydroxylation is 2. The van der Waals surface area contributed by atoms with E-state index in [9.17, 15) is 18.3 Å². The highest BCUT2D eigenvalue weighted by Crippen LogP contribution is 2.38. The van der Waals surface area contributed by atoms with Crippen molar-refractivity contribution in [3.63, 3.8) is 0 Å². The van der Waals surface area contributed by atoms with Crippen LogP contribution in [-0.4, -0.2) is 58.4 Å². The fraction of sp³-hybridized carbons (Fsp3) is 0.387. The number of hydrogen-bond acceptors (Lipinski definition) is 9. The smallest absolute Gasteiger partial charge is 0.385 e. The Morgan fingerprint density at radius 1 is 1.16 bits per heavy atom. The third-order valence-electron chi connectivity index (χ3n) is 7.74. The number of carbonyl (C=O) groups excluding carboxylic acids is 1. The van der Waals surface area contributed by atoms with E-state index in [0.29, 0.717) is 29.3 Å². The van der Waals surface area contributed by atoms with E-state index in [0.717, 1.165) is 40.6 Å². The summed E-state index contributed by atoms with van der Waals surface area (Å²) in [7, 11) is -2.61. The van der Waals surface area contributed by atoms with Crippen LogP contribution < -0.4 is 8.92 Å². The first kappa shape index (κ1) is 31.6. The van der Waals surface area contributed by atoms with Crippen LogP contribution in [0, 0.1) is 6.92 Å². The van der Waals surface area contributed by atoms with Crippen molar-refractivity contribution in [2.75, 3.05) is 19.6 Å². The summed E-state index contributed by atoms with van der Waals surface area (Å²) >= 11 is 5.85. The Hall–Kier alpha value is -3.87. The molecule has 1 unspecified atom stereocenters. The maximum absolute atomic E-state index is 13.1. The fourth-order valence-corrected chi connectivity index (χ4v) is 6.82. The van der Waals surface area contributed by atoms with Crippen LogP contribution in [0.2, 0.25) is 0 Å². The maximum atomic E-state index is 13.1. The van der Waals surface area contributed by atoms with Gasteiger partial charge in [0.1, 0.15) is 22.8 Å². The van der Waals surface area contributed by atoms with E-state index in [1.54, 1.807) is 13.0 Å². The molecule has 234 valence electrons. The summed E-state index contributed by atoms with van der Waals surface area (Å²) in [5.41, 5.74) is 5.31. The molecule has 0 saturated heterocycles. The van der Waals surface area contributed by atoms with Crippen LogP contribution in [0.3, 0.4) is 0 Å². The molecular formula is C31H35ClN4O7S. The Labute approximate surface area is 261 Å². The Bertz CT molecular complexity index is 1780. The van der Waals surface area contributed by atoms with E-state index < -0.39 is 16.2 Å². The van der Waals surface area contributed by atoms with Gasteiger partial charge >= 0.3 is 16.3 Å². The van der Waals surface area contributed by atoms with Crippen LogP contribution in [0.4, 0.5) is 0 Å². The number of carbonyl (C=O) groups is 1. The number of methoxy groups -OCH3 is 1. The van der Waals surface area contributed by atoms with Gasteiger partial charge in [-0.15, -0.1) is 16.7 Å². The van der Waals surface area contributed by atoms with E-state index in [-0.39, 0.29) is 43.6 Å². The highest BCUT2D eigenvalue weighted by molar-refractivity contribution is 7.84. The van der Waals surface area contributed by atoms with Crippen molar-refractivity contribution >= 4 is 38.9 Å². The van der Waals surface area contributed by atoms with E-state index in [1.165, 1.54) is 29.6 Å². The van der Waals surface area contributed by atoms with Crippen molar-refractivity contribution in [2.45, 2.75) is 58.7 Å². The Kier molecular flexibility index (Phi) is 9.62. The number of ether oxygens (including phenoxy) is 2. The average Bonchev–Trinajstić information content (AvgIpc) is 3.41. The van der Waals surface area contributed by atoms with Gasteiger partial charge in [-0.25, -0.2) is 4.68 Å². The van der Waals surface area contributed by atoms with Gasteiger partial charge in [0.05, 0.1) is 25.7 Å². The number of hydrogen-bond donors (Lipinski definition) is 1. The number of rotatable bonds is 12. The highest BCUT2D eigenvalue weighted by Gasteiger charge is 2.33. The summed E-state index contributed by atoms with van der Waals surface area (Å²) < 4.78 is 45.4. The molecule has 44 heavy (non-hydrogen) atoms. The van der Waals surface area contributed by atoms with Crippen molar-refractivity contribution in [2.24, 2.45) is 0 Å². The third kappa shape index (κ3) is 6.62. The number of phenolic OH excluding ortho intramolecular Hbond substituents is 1. The summed E-state index contributed by atoms with van der Waals surface area (Å²) in [6.07, 6.45) is 1.82. The van der Waals surface area contributed by atoms with Crippen molar-refractivity contribution in [3.8, 4) is 17.2 Å². The van der Waals surface area contributed by atoms with Gasteiger partial charge in [0.25, 0.3) is 0 Å². The molecule has 0 spiro atoms. The van der Waals surface area contributed by atoms with Crippen molar-refractivity contribution in [1.82, 2.24) is 19.3 Å². The Morgan fingerprint density at radius 2 is 1.98 bits per heavy atom. The molecule has 0 amide bonds. The molecule has 5 rings (SSSR count). The highest BCUT2D eigenvalue weighted by atomic mass is 35.5. The number of alkyl halides is 1. The second-order valence-electron chi connectivity index (χ2n) is 10.6. The fourth-order valence-electron chi connectivity index (χ4n) is 5.55. The molecular weight excluding hydrogens is 608 g/mol.